The normalized spacial score (nSPS) is 15.7. The summed E-state index contributed by atoms with van der Waals surface area (Å²) >= 11 is 0. The van der Waals surface area contributed by atoms with Crippen molar-refractivity contribution in [3.8, 4) is 22.8 Å². The Bertz CT molecular complexity index is 2060. The molecule has 57 heavy (non-hydrogen) atoms. The molecule has 3 aliphatic heterocycles. The van der Waals surface area contributed by atoms with Crippen LogP contribution in [-0.2, 0) is 24.2 Å². The molecular formula is C42H48N10O5. The Hall–Kier alpha value is -5.90. The third-order valence-corrected chi connectivity index (χ3v) is 10.7. The van der Waals surface area contributed by atoms with E-state index in [4.69, 9.17) is 34.1 Å². The molecule has 2 saturated heterocycles. The van der Waals surface area contributed by atoms with Crippen molar-refractivity contribution >= 4 is 29.3 Å². The second kappa shape index (κ2) is 17.5. The number of β-amino-alcohol motifs (C(OH)–C–C–N with tert-alkyl or cyclic N) is 1. The molecule has 0 aliphatic carbocycles. The third-order valence-electron chi connectivity index (χ3n) is 10.7. The van der Waals surface area contributed by atoms with Crippen LogP contribution in [0.25, 0.3) is 11.3 Å². The number of benzene rings is 2. The number of amides is 1. The molecule has 2 aromatic carbocycles. The van der Waals surface area contributed by atoms with Gasteiger partial charge in [0.25, 0.3) is 5.91 Å². The fraction of sp³-hybridized carbons (Fsp3) is 0.381. The number of carbonyl (C=O) groups excluding carboxylic acids is 1. The summed E-state index contributed by atoms with van der Waals surface area (Å²) < 4.78 is 16.4. The molecule has 15 heteroatoms. The van der Waals surface area contributed by atoms with Crippen LogP contribution in [0.3, 0.4) is 0 Å². The Morgan fingerprint density at radius 2 is 1.42 bits per heavy atom. The Kier molecular flexibility index (Phi) is 11.7. The molecule has 5 aromatic rings. The summed E-state index contributed by atoms with van der Waals surface area (Å²) in [6.45, 7) is 7.88. The number of piperazine rings is 1. The zero-order valence-electron chi connectivity index (χ0n) is 32.5. The number of aliphatic hydroxyl groups is 1. The van der Waals surface area contributed by atoms with E-state index in [2.05, 4.69) is 48.8 Å². The predicted octanol–water partition coefficient (Wildman–Crippen LogP) is 3.83. The standard InChI is InChI=1S/C42H48N10O5/c1-55-34-8-3-30(4-9-34)28-51(29-31-5-10-35(56-2)11-6-31)41-44-25-32(26-45-41)38-36-13-14-52(39(36)47-42(46-38)50-20-23-57-24-21-50)33-7-12-37(43-27-33)40(54)49-17-15-48(16-18-49)19-22-53/h3-12,25-27,53H,13-24,28-29H2,1-2H3. The lowest BCUT2D eigenvalue weighted by Gasteiger charge is -2.34. The first kappa shape index (κ1) is 38.0. The molecule has 15 nitrogen and oxygen atoms in total. The number of aliphatic hydroxyl groups excluding tert-OH is 1. The van der Waals surface area contributed by atoms with Gasteiger partial charge >= 0.3 is 0 Å². The van der Waals surface area contributed by atoms with Crippen molar-refractivity contribution < 1.29 is 24.1 Å². The van der Waals surface area contributed by atoms with E-state index >= 15 is 0 Å². The highest BCUT2D eigenvalue weighted by Crippen LogP contribution is 2.39. The number of pyridine rings is 1. The zero-order valence-corrected chi connectivity index (χ0v) is 32.5. The number of anilines is 4. The number of morpholine rings is 1. The van der Waals surface area contributed by atoms with E-state index in [0.717, 1.165) is 70.5 Å². The van der Waals surface area contributed by atoms with Crippen LogP contribution in [0.5, 0.6) is 11.5 Å². The molecule has 296 valence electrons. The van der Waals surface area contributed by atoms with E-state index in [-0.39, 0.29) is 12.5 Å². The second-order valence-corrected chi connectivity index (χ2v) is 14.3. The van der Waals surface area contributed by atoms with Gasteiger partial charge in [-0.25, -0.2) is 19.9 Å². The van der Waals surface area contributed by atoms with E-state index in [1.807, 2.05) is 47.6 Å². The highest BCUT2D eigenvalue weighted by atomic mass is 16.5. The first-order valence-electron chi connectivity index (χ1n) is 19.4. The monoisotopic (exact) mass is 772 g/mol. The maximum absolute atomic E-state index is 13.3. The van der Waals surface area contributed by atoms with Crippen LogP contribution in [0.2, 0.25) is 0 Å². The van der Waals surface area contributed by atoms with Crippen LogP contribution in [0.4, 0.5) is 23.4 Å². The van der Waals surface area contributed by atoms with Gasteiger partial charge in [-0.15, -0.1) is 0 Å². The fourth-order valence-corrected chi connectivity index (χ4v) is 7.50. The SMILES string of the molecule is COc1ccc(CN(Cc2ccc(OC)cc2)c2ncc(-c3nc(N4CCOCC4)nc4c3CCN4c3ccc(C(=O)N4CCN(CCO)CC4)nc3)cn2)cc1. The molecule has 6 heterocycles. The van der Waals surface area contributed by atoms with Crippen molar-refractivity contribution in [3.05, 3.63) is 102 Å². The third kappa shape index (κ3) is 8.60. The number of hydrogen-bond donors (Lipinski definition) is 1. The Morgan fingerprint density at radius 3 is 2.00 bits per heavy atom. The average molecular weight is 773 g/mol. The minimum atomic E-state index is -0.0822. The summed E-state index contributed by atoms with van der Waals surface area (Å²) in [5.41, 5.74) is 6.09. The van der Waals surface area contributed by atoms with Gasteiger partial charge in [-0.3, -0.25) is 9.69 Å². The molecular weight excluding hydrogens is 725 g/mol. The van der Waals surface area contributed by atoms with Crippen LogP contribution in [0.15, 0.2) is 79.3 Å². The summed E-state index contributed by atoms with van der Waals surface area (Å²) in [7, 11) is 3.33. The molecule has 1 N–H and O–H groups in total. The van der Waals surface area contributed by atoms with Crippen LogP contribution in [-0.4, -0.2) is 132 Å². The van der Waals surface area contributed by atoms with Gasteiger partial charge in [-0.05, 0) is 53.9 Å². The van der Waals surface area contributed by atoms with Gasteiger partial charge < -0.3 is 38.9 Å². The molecule has 3 aromatic heterocycles. The Morgan fingerprint density at radius 1 is 0.772 bits per heavy atom. The molecule has 2 fully saturated rings. The van der Waals surface area contributed by atoms with Crippen molar-refractivity contribution in [1.29, 1.82) is 0 Å². The van der Waals surface area contributed by atoms with Gasteiger partial charge in [0, 0.05) is 89.0 Å². The number of hydrogen-bond acceptors (Lipinski definition) is 14. The molecule has 8 rings (SSSR count). The summed E-state index contributed by atoms with van der Waals surface area (Å²) in [4.78, 5) is 48.6. The van der Waals surface area contributed by atoms with E-state index in [9.17, 15) is 9.90 Å². The summed E-state index contributed by atoms with van der Waals surface area (Å²) in [6.07, 6.45) is 6.20. The lowest BCUT2D eigenvalue weighted by Crippen LogP contribution is -2.49. The maximum Gasteiger partial charge on any atom is 0.272 e. The minimum Gasteiger partial charge on any atom is -0.497 e. The Labute approximate surface area is 332 Å². The number of fused-ring (bicyclic) bond motifs is 1. The molecule has 0 spiro atoms. The predicted molar refractivity (Wildman–Crippen MR) is 216 cm³/mol. The number of methoxy groups -OCH3 is 2. The topological polar surface area (TPSA) is 146 Å². The lowest BCUT2D eigenvalue weighted by atomic mass is 10.1. The van der Waals surface area contributed by atoms with Gasteiger partial charge in [0.15, 0.2) is 0 Å². The summed E-state index contributed by atoms with van der Waals surface area (Å²) in [5, 5.41) is 9.27. The quantitative estimate of drug-likeness (QED) is 0.185. The van der Waals surface area contributed by atoms with Gasteiger partial charge in [-0.2, -0.15) is 4.98 Å². The first-order chi connectivity index (χ1) is 28.0. The van der Waals surface area contributed by atoms with Gasteiger partial charge in [0.2, 0.25) is 11.9 Å². The number of rotatable bonds is 13. The smallest absolute Gasteiger partial charge is 0.272 e. The number of aromatic nitrogens is 5. The number of nitrogens with zero attached hydrogens (tertiary/aromatic N) is 10. The molecule has 1 amide bonds. The highest BCUT2D eigenvalue weighted by molar-refractivity contribution is 5.92. The summed E-state index contributed by atoms with van der Waals surface area (Å²) in [5.74, 6) is 3.56. The molecule has 0 atom stereocenters. The number of carbonyl (C=O) groups is 1. The molecule has 0 unspecified atom stereocenters. The van der Waals surface area contributed by atoms with Crippen molar-refractivity contribution in [1.82, 2.24) is 34.7 Å². The Balaban J connectivity index is 1.07. The summed E-state index contributed by atoms with van der Waals surface area (Å²) in [6, 6.07) is 19.8. The van der Waals surface area contributed by atoms with E-state index in [1.165, 1.54) is 0 Å². The van der Waals surface area contributed by atoms with Crippen LogP contribution < -0.4 is 24.2 Å². The van der Waals surface area contributed by atoms with Crippen molar-refractivity contribution in [2.75, 3.05) is 101 Å². The zero-order chi connectivity index (χ0) is 39.1. The van der Waals surface area contributed by atoms with Crippen LogP contribution in [0.1, 0.15) is 27.2 Å². The first-order valence-corrected chi connectivity index (χ1v) is 19.4. The van der Waals surface area contributed by atoms with Crippen molar-refractivity contribution in [2.45, 2.75) is 19.5 Å². The van der Waals surface area contributed by atoms with Gasteiger partial charge in [-0.1, -0.05) is 24.3 Å². The fourth-order valence-electron chi connectivity index (χ4n) is 7.50. The second-order valence-electron chi connectivity index (χ2n) is 14.3. The van der Waals surface area contributed by atoms with E-state index in [0.29, 0.717) is 83.2 Å². The highest BCUT2D eigenvalue weighted by Gasteiger charge is 2.30. The van der Waals surface area contributed by atoms with Crippen molar-refractivity contribution in [2.24, 2.45) is 0 Å². The molecule has 0 saturated carbocycles. The minimum absolute atomic E-state index is 0.0822. The van der Waals surface area contributed by atoms with Crippen LogP contribution in [0, 0.1) is 0 Å². The average Bonchev–Trinajstić information content (AvgIpc) is 3.71. The van der Waals surface area contributed by atoms with Gasteiger partial charge in [0.05, 0.1) is 51.6 Å². The van der Waals surface area contributed by atoms with E-state index in [1.54, 1.807) is 26.5 Å². The van der Waals surface area contributed by atoms with Crippen LogP contribution >= 0.6 is 0 Å². The largest absolute Gasteiger partial charge is 0.497 e. The molecule has 0 bridgehead atoms. The number of ether oxygens (including phenoxy) is 3. The molecule has 0 radical (unpaired) electrons. The lowest BCUT2D eigenvalue weighted by molar-refractivity contribution is 0.0609. The van der Waals surface area contributed by atoms with Gasteiger partial charge in [0.1, 0.15) is 23.0 Å². The molecule has 3 aliphatic rings. The maximum atomic E-state index is 13.3. The van der Waals surface area contributed by atoms with E-state index < -0.39 is 0 Å². The van der Waals surface area contributed by atoms with Crippen molar-refractivity contribution in [3.63, 3.8) is 0 Å².